The van der Waals surface area contributed by atoms with E-state index in [0.29, 0.717) is 10.7 Å². The van der Waals surface area contributed by atoms with E-state index in [1.54, 1.807) is 61.5 Å². The lowest BCUT2D eigenvalue weighted by Crippen LogP contribution is -2.52. The number of carbonyl (C=O) groups excluding carboxylic acids is 2. The first-order valence-electron chi connectivity index (χ1n) is 14.0. The van der Waals surface area contributed by atoms with Crippen molar-refractivity contribution in [2.24, 2.45) is 0 Å². The molecule has 0 bridgehead atoms. The predicted octanol–water partition coefficient (Wildman–Crippen LogP) is 5.94. The third-order valence-electron chi connectivity index (χ3n) is 7.78. The largest absolute Gasteiger partial charge is 0.352 e. The number of aryl methyl sites for hydroxylation is 3. The minimum absolute atomic E-state index is 0.0852. The number of anilines is 1. The van der Waals surface area contributed by atoms with E-state index in [-0.39, 0.29) is 23.4 Å². The Balaban J connectivity index is 1.70. The van der Waals surface area contributed by atoms with E-state index in [0.717, 1.165) is 52.2 Å². The summed E-state index contributed by atoms with van der Waals surface area (Å²) in [6.45, 7) is 7.04. The van der Waals surface area contributed by atoms with Crippen LogP contribution in [0.3, 0.4) is 0 Å². The van der Waals surface area contributed by atoms with Crippen molar-refractivity contribution in [3.05, 3.63) is 94.0 Å². The van der Waals surface area contributed by atoms with Gasteiger partial charge in [-0.25, -0.2) is 8.42 Å². The number of halogens is 1. The smallest absolute Gasteiger partial charge is 0.264 e. The molecular weight excluding hydrogens is 558 g/mol. The van der Waals surface area contributed by atoms with E-state index in [4.69, 9.17) is 11.6 Å². The molecule has 3 aromatic rings. The monoisotopic (exact) mass is 595 g/mol. The summed E-state index contributed by atoms with van der Waals surface area (Å²) in [7, 11) is -4.11. The second kappa shape index (κ2) is 13.1. The maximum atomic E-state index is 14.1. The lowest BCUT2D eigenvalue weighted by molar-refractivity contribution is -0.139. The van der Waals surface area contributed by atoms with E-state index in [1.807, 2.05) is 32.9 Å². The molecule has 1 atom stereocenters. The Morgan fingerprint density at radius 3 is 2.27 bits per heavy atom. The van der Waals surface area contributed by atoms with Gasteiger partial charge in [0.1, 0.15) is 12.6 Å². The molecule has 1 fully saturated rings. The average molecular weight is 596 g/mol. The summed E-state index contributed by atoms with van der Waals surface area (Å²) in [6.07, 6.45) is 3.95. The SMILES string of the molecule is Cc1ccc(S(=O)(=O)N(CC(=O)N(Cc2cccc(Cl)c2)[C@@H](C)C(=O)NC2CCCC2)c2ccc(C)c(C)c2)cc1. The summed E-state index contributed by atoms with van der Waals surface area (Å²) >= 11 is 6.22. The molecule has 0 saturated heterocycles. The number of rotatable bonds is 10. The van der Waals surface area contributed by atoms with E-state index < -0.39 is 28.5 Å². The third kappa shape index (κ3) is 7.49. The zero-order valence-corrected chi connectivity index (χ0v) is 25.6. The fourth-order valence-electron chi connectivity index (χ4n) is 5.05. The highest BCUT2D eigenvalue weighted by Crippen LogP contribution is 2.27. The van der Waals surface area contributed by atoms with Crippen molar-refractivity contribution < 1.29 is 18.0 Å². The molecule has 4 rings (SSSR count). The van der Waals surface area contributed by atoms with Gasteiger partial charge in [0.25, 0.3) is 10.0 Å². The van der Waals surface area contributed by atoms with E-state index >= 15 is 0 Å². The van der Waals surface area contributed by atoms with Gasteiger partial charge < -0.3 is 10.2 Å². The quantitative estimate of drug-likeness (QED) is 0.314. The minimum atomic E-state index is -4.11. The summed E-state index contributed by atoms with van der Waals surface area (Å²) in [6, 6.07) is 18.2. The van der Waals surface area contributed by atoms with Gasteiger partial charge >= 0.3 is 0 Å². The van der Waals surface area contributed by atoms with Crippen LogP contribution >= 0.6 is 11.6 Å². The third-order valence-corrected chi connectivity index (χ3v) is 9.80. The second-order valence-corrected chi connectivity index (χ2v) is 13.2. The van der Waals surface area contributed by atoms with Crippen LogP contribution in [0, 0.1) is 20.8 Å². The van der Waals surface area contributed by atoms with Gasteiger partial charge in [-0.3, -0.25) is 13.9 Å². The Labute approximate surface area is 248 Å². The average Bonchev–Trinajstić information content (AvgIpc) is 3.44. The van der Waals surface area contributed by atoms with Crippen LogP contribution in [-0.2, 0) is 26.2 Å². The molecule has 9 heteroatoms. The molecule has 0 spiro atoms. The number of nitrogens with zero attached hydrogens (tertiary/aromatic N) is 2. The number of amides is 2. The summed E-state index contributed by atoms with van der Waals surface area (Å²) < 4.78 is 29.1. The van der Waals surface area contributed by atoms with Gasteiger partial charge in [0, 0.05) is 17.6 Å². The standard InChI is InChI=1S/C32H38ClN3O4S/c1-22-12-16-30(17-13-22)41(39,40)36(29-15-14-23(2)24(3)18-29)21-31(37)35(20-26-8-7-9-27(33)19-26)25(4)32(38)34-28-10-5-6-11-28/h7-9,12-19,25,28H,5-6,10-11,20-21H2,1-4H3,(H,34,38)/t25-/m0/s1. The number of nitrogens with one attached hydrogen (secondary N) is 1. The van der Waals surface area contributed by atoms with Gasteiger partial charge in [-0.15, -0.1) is 0 Å². The Bertz CT molecular complexity index is 1500. The number of sulfonamides is 1. The van der Waals surface area contributed by atoms with Crippen molar-refractivity contribution in [2.75, 3.05) is 10.8 Å². The Kier molecular flexibility index (Phi) is 9.76. The van der Waals surface area contributed by atoms with Crippen LogP contribution in [0.25, 0.3) is 0 Å². The molecule has 1 aliphatic carbocycles. The molecule has 0 radical (unpaired) electrons. The zero-order valence-electron chi connectivity index (χ0n) is 24.1. The number of hydrogen-bond donors (Lipinski definition) is 1. The lowest BCUT2D eigenvalue weighted by Gasteiger charge is -2.32. The number of benzene rings is 3. The summed E-state index contributed by atoms with van der Waals surface area (Å²) in [5, 5.41) is 3.59. The van der Waals surface area contributed by atoms with Crippen LogP contribution in [0.15, 0.2) is 71.6 Å². The molecule has 41 heavy (non-hydrogen) atoms. The van der Waals surface area contributed by atoms with Crippen molar-refractivity contribution in [3.63, 3.8) is 0 Å². The van der Waals surface area contributed by atoms with Crippen molar-refractivity contribution in [1.29, 1.82) is 0 Å². The molecule has 218 valence electrons. The van der Waals surface area contributed by atoms with Crippen LogP contribution in [0.1, 0.15) is 54.9 Å². The topological polar surface area (TPSA) is 86.8 Å². The van der Waals surface area contributed by atoms with E-state index in [1.165, 1.54) is 4.90 Å². The van der Waals surface area contributed by atoms with Crippen molar-refractivity contribution >= 4 is 39.1 Å². The first-order valence-corrected chi connectivity index (χ1v) is 15.8. The van der Waals surface area contributed by atoms with Gasteiger partial charge in [-0.05, 0) is 93.6 Å². The lowest BCUT2D eigenvalue weighted by atomic mass is 10.1. The van der Waals surface area contributed by atoms with Gasteiger partial charge in [-0.1, -0.05) is 60.3 Å². The highest BCUT2D eigenvalue weighted by molar-refractivity contribution is 7.92. The van der Waals surface area contributed by atoms with Gasteiger partial charge in [-0.2, -0.15) is 0 Å². The second-order valence-electron chi connectivity index (χ2n) is 10.9. The molecule has 2 amide bonds. The molecule has 1 saturated carbocycles. The first-order chi connectivity index (χ1) is 19.5. The van der Waals surface area contributed by atoms with Gasteiger partial charge in [0.2, 0.25) is 11.8 Å². The van der Waals surface area contributed by atoms with Crippen molar-refractivity contribution in [3.8, 4) is 0 Å². The zero-order chi connectivity index (χ0) is 29.7. The molecule has 1 N–H and O–H groups in total. The van der Waals surface area contributed by atoms with Crippen LogP contribution in [0.2, 0.25) is 5.02 Å². The highest BCUT2D eigenvalue weighted by Gasteiger charge is 2.33. The summed E-state index contributed by atoms with van der Waals surface area (Å²) in [5.41, 5.74) is 3.96. The maximum Gasteiger partial charge on any atom is 0.264 e. The molecule has 7 nitrogen and oxygen atoms in total. The predicted molar refractivity (Wildman–Crippen MR) is 163 cm³/mol. The highest BCUT2D eigenvalue weighted by atomic mass is 35.5. The molecule has 3 aromatic carbocycles. The van der Waals surface area contributed by atoms with Gasteiger partial charge in [0.15, 0.2) is 0 Å². The Morgan fingerprint density at radius 2 is 1.63 bits per heavy atom. The Morgan fingerprint density at radius 1 is 0.951 bits per heavy atom. The van der Waals surface area contributed by atoms with Crippen LogP contribution in [0.5, 0.6) is 0 Å². The maximum absolute atomic E-state index is 14.1. The molecule has 0 unspecified atom stereocenters. The summed E-state index contributed by atoms with van der Waals surface area (Å²) in [5.74, 6) is -0.751. The first kappa shape index (κ1) is 30.6. The van der Waals surface area contributed by atoms with Crippen LogP contribution in [-0.4, -0.2) is 43.8 Å². The number of carbonyl (C=O) groups is 2. The van der Waals surface area contributed by atoms with Crippen LogP contribution < -0.4 is 9.62 Å². The number of hydrogen-bond acceptors (Lipinski definition) is 4. The van der Waals surface area contributed by atoms with E-state index in [9.17, 15) is 18.0 Å². The fraction of sp³-hybridized carbons (Fsp3) is 0.375. The van der Waals surface area contributed by atoms with E-state index in [2.05, 4.69) is 5.32 Å². The van der Waals surface area contributed by atoms with Crippen molar-refractivity contribution in [2.45, 2.75) is 76.9 Å². The molecule has 0 heterocycles. The van der Waals surface area contributed by atoms with Crippen LogP contribution in [0.4, 0.5) is 5.69 Å². The summed E-state index contributed by atoms with van der Waals surface area (Å²) in [4.78, 5) is 28.9. The molecule has 1 aliphatic rings. The molecular formula is C32H38ClN3O4S. The Hall–Kier alpha value is -3.36. The normalized spacial score (nSPS) is 14.5. The molecule has 0 aromatic heterocycles. The van der Waals surface area contributed by atoms with Gasteiger partial charge in [0.05, 0.1) is 10.6 Å². The fourth-order valence-corrected chi connectivity index (χ4v) is 6.67. The molecule has 0 aliphatic heterocycles. The minimum Gasteiger partial charge on any atom is -0.352 e. The van der Waals surface area contributed by atoms with Crippen molar-refractivity contribution in [1.82, 2.24) is 10.2 Å².